The number of ether oxygens (including phenoxy) is 1. The van der Waals surface area contributed by atoms with E-state index in [4.69, 9.17) is 16.3 Å². The molecule has 0 fully saturated rings. The molecule has 0 aliphatic carbocycles. The van der Waals surface area contributed by atoms with Crippen LogP contribution in [0.3, 0.4) is 0 Å². The molecule has 1 aromatic heterocycles. The first kappa shape index (κ1) is 17.7. The zero-order chi connectivity index (χ0) is 18.0. The molecular formula is C19H22ClN3O2. The van der Waals surface area contributed by atoms with Gasteiger partial charge in [0.25, 0.3) is 0 Å². The van der Waals surface area contributed by atoms with E-state index in [9.17, 15) is 4.79 Å². The predicted molar refractivity (Wildman–Crippen MR) is 97.7 cm³/mol. The number of nitrogens with one attached hydrogen (secondary N) is 1. The molecule has 2 heterocycles. The molecule has 0 radical (unpaired) electrons. The van der Waals surface area contributed by atoms with E-state index in [1.807, 2.05) is 26.8 Å². The summed E-state index contributed by atoms with van der Waals surface area (Å²) in [7, 11) is 0. The first-order valence-corrected chi connectivity index (χ1v) is 8.71. The summed E-state index contributed by atoms with van der Waals surface area (Å²) in [6, 6.07) is 3.91. The van der Waals surface area contributed by atoms with Crippen LogP contribution in [0.1, 0.15) is 32.8 Å². The number of halogens is 1. The summed E-state index contributed by atoms with van der Waals surface area (Å²) in [6.45, 7) is 6.61. The number of hydrogen-bond donors (Lipinski definition) is 1. The van der Waals surface area contributed by atoms with E-state index in [-0.39, 0.29) is 17.4 Å². The van der Waals surface area contributed by atoms with E-state index in [0.29, 0.717) is 30.2 Å². The predicted octanol–water partition coefficient (Wildman–Crippen LogP) is 3.65. The lowest BCUT2D eigenvalue weighted by Crippen LogP contribution is -2.36. The third kappa shape index (κ3) is 4.48. The summed E-state index contributed by atoms with van der Waals surface area (Å²) in [4.78, 5) is 20.1. The van der Waals surface area contributed by atoms with Gasteiger partial charge in [-0.3, -0.25) is 4.79 Å². The molecule has 25 heavy (non-hydrogen) atoms. The lowest BCUT2D eigenvalue weighted by Gasteiger charge is -2.18. The van der Waals surface area contributed by atoms with Gasteiger partial charge in [0, 0.05) is 36.4 Å². The van der Waals surface area contributed by atoms with Crippen molar-refractivity contribution in [1.29, 1.82) is 0 Å². The van der Waals surface area contributed by atoms with Crippen molar-refractivity contribution in [2.45, 2.75) is 39.7 Å². The Balaban J connectivity index is 1.67. The highest BCUT2D eigenvalue weighted by atomic mass is 35.5. The topological polar surface area (TPSA) is 64.1 Å². The van der Waals surface area contributed by atoms with E-state index in [2.05, 4.69) is 21.4 Å². The highest BCUT2D eigenvalue weighted by molar-refractivity contribution is 6.32. The molecule has 1 aliphatic heterocycles. The first-order chi connectivity index (χ1) is 11.8. The summed E-state index contributed by atoms with van der Waals surface area (Å²) in [5, 5.41) is 3.52. The van der Waals surface area contributed by atoms with Gasteiger partial charge in [-0.05, 0) is 23.1 Å². The summed E-state index contributed by atoms with van der Waals surface area (Å²) in [5.41, 5.74) is 2.89. The molecule has 0 saturated heterocycles. The van der Waals surface area contributed by atoms with Crippen molar-refractivity contribution in [3.63, 3.8) is 0 Å². The van der Waals surface area contributed by atoms with E-state index in [1.54, 1.807) is 12.4 Å². The molecule has 1 N–H and O–H groups in total. The van der Waals surface area contributed by atoms with Crippen molar-refractivity contribution in [1.82, 2.24) is 15.3 Å². The smallest absolute Gasteiger partial charge is 0.220 e. The molecule has 1 unspecified atom stereocenters. The molecule has 1 amide bonds. The highest BCUT2D eigenvalue weighted by Gasteiger charge is 2.27. The van der Waals surface area contributed by atoms with E-state index in [1.165, 1.54) is 6.33 Å². The van der Waals surface area contributed by atoms with E-state index < -0.39 is 0 Å². The first-order valence-electron chi connectivity index (χ1n) is 8.33. The molecule has 132 valence electrons. The maximum atomic E-state index is 12.0. The van der Waals surface area contributed by atoms with Gasteiger partial charge in [0.1, 0.15) is 18.2 Å². The van der Waals surface area contributed by atoms with Crippen LogP contribution >= 0.6 is 11.6 Å². The lowest BCUT2D eigenvalue weighted by molar-refractivity contribution is -0.123. The molecule has 0 spiro atoms. The zero-order valence-corrected chi connectivity index (χ0v) is 15.4. The second-order valence-corrected chi connectivity index (χ2v) is 7.97. The van der Waals surface area contributed by atoms with Gasteiger partial charge in [0.15, 0.2) is 0 Å². The molecular weight excluding hydrogens is 338 g/mol. The maximum absolute atomic E-state index is 12.0. The van der Waals surface area contributed by atoms with Crippen LogP contribution in [0.4, 0.5) is 0 Å². The van der Waals surface area contributed by atoms with Crippen LogP contribution in [0.15, 0.2) is 30.9 Å². The van der Waals surface area contributed by atoms with Gasteiger partial charge in [-0.2, -0.15) is 0 Å². The van der Waals surface area contributed by atoms with Gasteiger partial charge >= 0.3 is 0 Å². The molecule has 0 bridgehead atoms. The van der Waals surface area contributed by atoms with Crippen molar-refractivity contribution in [2.24, 2.45) is 5.41 Å². The molecule has 1 atom stereocenters. The standard InChI is InChI=1S/C19H22ClN3O2/c1-19(2,3)7-17(24)23-10-15-5-13-4-12(6-16(20)18(13)25-15)14-8-21-11-22-9-14/h4,6,8-9,11,15H,5,7,10H2,1-3H3,(H,23,24). The van der Waals surface area contributed by atoms with Crippen LogP contribution in [-0.2, 0) is 11.2 Å². The average molecular weight is 360 g/mol. The Labute approximate surface area is 152 Å². The molecule has 2 aromatic rings. The third-order valence-electron chi connectivity index (χ3n) is 3.96. The van der Waals surface area contributed by atoms with Crippen LogP contribution in [0, 0.1) is 5.41 Å². The summed E-state index contributed by atoms with van der Waals surface area (Å²) >= 11 is 6.39. The Kier molecular flexibility index (Phi) is 4.95. The second kappa shape index (κ2) is 7.00. The number of hydrogen-bond acceptors (Lipinski definition) is 4. The zero-order valence-electron chi connectivity index (χ0n) is 14.7. The Hall–Kier alpha value is -2.14. The fourth-order valence-electron chi connectivity index (χ4n) is 2.89. The molecule has 1 aliphatic rings. The van der Waals surface area contributed by atoms with Gasteiger partial charge in [-0.15, -0.1) is 0 Å². The fourth-order valence-corrected chi connectivity index (χ4v) is 3.17. The quantitative estimate of drug-likeness (QED) is 0.904. The van der Waals surface area contributed by atoms with Crippen molar-refractivity contribution in [3.8, 4) is 16.9 Å². The second-order valence-electron chi connectivity index (χ2n) is 7.56. The minimum atomic E-state index is -0.0984. The monoisotopic (exact) mass is 359 g/mol. The van der Waals surface area contributed by atoms with Crippen molar-refractivity contribution >= 4 is 17.5 Å². The van der Waals surface area contributed by atoms with Crippen LogP contribution in [0.5, 0.6) is 5.75 Å². The Morgan fingerprint density at radius 3 is 2.68 bits per heavy atom. The molecule has 3 rings (SSSR count). The fraction of sp³-hybridized carbons (Fsp3) is 0.421. The van der Waals surface area contributed by atoms with Crippen LogP contribution < -0.4 is 10.1 Å². The number of nitrogens with zero attached hydrogens (tertiary/aromatic N) is 2. The third-order valence-corrected chi connectivity index (χ3v) is 4.25. The molecule has 1 aromatic carbocycles. The summed E-state index contributed by atoms with van der Waals surface area (Å²) in [5.74, 6) is 0.748. The number of carbonyl (C=O) groups excluding carboxylic acids is 1. The molecule has 6 heteroatoms. The lowest BCUT2D eigenvalue weighted by atomic mass is 9.92. The van der Waals surface area contributed by atoms with Gasteiger partial charge < -0.3 is 10.1 Å². The summed E-state index contributed by atoms with van der Waals surface area (Å²) < 4.78 is 5.93. The van der Waals surface area contributed by atoms with Crippen molar-refractivity contribution in [3.05, 3.63) is 41.4 Å². The Morgan fingerprint density at radius 1 is 1.28 bits per heavy atom. The number of fused-ring (bicyclic) bond motifs is 1. The molecule has 0 saturated carbocycles. The van der Waals surface area contributed by atoms with Gasteiger partial charge in [0.05, 0.1) is 11.6 Å². The normalized spacial score (nSPS) is 16.2. The minimum absolute atomic E-state index is 0.0282. The maximum Gasteiger partial charge on any atom is 0.220 e. The van der Waals surface area contributed by atoms with E-state index >= 15 is 0 Å². The molecule has 5 nitrogen and oxygen atoms in total. The largest absolute Gasteiger partial charge is 0.486 e. The Morgan fingerprint density at radius 2 is 2.00 bits per heavy atom. The number of carbonyl (C=O) groups is 1. The number of aromatic nitrogens is 2. The number of benzene rings is 1. The minimum Gasteiger partial charge on any atom is -0.486 e. The number of rotatable bonds is 4. The van der Waals surface area contributed by atoms with Gasteiger partial charge in [0.2, 0.25) is 5.91 Å². The average Bonchev–Trinajstić information content (AvgIpc) is 2.96. The number of amides is 1. The van der Waals surface area contributed by atoms with Crippen molar-refractivity contribution < 1.29 is 9.53 Å². The van der Waals surface area contributed by atoms with Crippen LogP contribution in [0.2, 0.25) is 5.02 Å². The highest BCUT2D eigenvalue weighted by Crippen LogP contribution is 2.39. The Bertz CT molecular complexity index is 772. The van der Waals surface area contributed by atoms with Crippen molar-refractivity contribution in [2.75, 3.05) is 6.54 Å². The van der Waals surface area contributed by atoms with Crippen LogP contribution in [-0.4, -0.2) is 28.5 Å². The van der Waals surface area contributed by atoms with E-state index in [0.717, 1.165) is 16.7 Å². The SMILES string of the molecule is CC(C)(C)CC(=O)NCC1Cc2cc(-c3cncnc3)cc(Cl)c2O1. The van der Waals surface area contributed by atoms with Gasteiger partial charge in [-0.1, -0.05) is 32.4 Å². The van der Waals surface area contributed by atoms with Gasteiger partial charge in [-0.25, -0.2) is 9.97 Å². The van der Waals surface area contributed by atoms with Crippen LogP contribution in [0.25, 0.3) is 11.1 Å². The summed E-state index contributed by atoms with van der Waals surface area (Å²) in [6.07, 6.45) is 6.12.